The number of methoxy groups -OCH3 is 1. The van der Waals surface area contributed by atoms with E-state index >= 15 is 0 Å². The molecule has 4 fully saturated rings. The number of carbonyl (C=O) groups is 6. The summed E-state index contributed by atoms with van der Waals surface area (Å²) in [4.78, 5) is 95.4. The topological polar surface area (TPSA) is 248 Å². The van der Waals surface area contributed by atoms with Gasteiger partial charge in [0.1, 0.15) is 29.7 Å². The number of nitriles is 1. The van der Waals surface area contributed by atoms with Crippen LogP contribution in [0.4, 0.5) is 11.5 Å². The van der Waals surface area contributed by atoms with Crippen molar-refractivity contribution in [3.05, 3.63) is 87.3 Å². The number of pyridine rings is 2. The molecule has 0 saturated carbocycles. The summed E-state index contributed by atoms with van der Waals surface area (Å²) >= 11 is 12.8. The first kappa shape index (κ1) is 49.2. The molecule has 4 saturated heterocycles. The Bertz CT molecular complexity index is 3100. The minimum Gasteiger partial charge on any atom is -0.493 e. The average molecular weight is 1030 g/mol. The van der Waals surface area contributed by atoms with E-state index in [0.717, 1.165) is 4.90 Å². The summed E-state index contributed by atoms with van der Waals surface area (Å²) in [6, 6.07) is 11.5. The first-order valence-electron chi connectivity index (χ1n) is 24.2. The summed E-state index contributed by atoms with van der Waals surface area (Å²) in [7, 11) is 1.54. The van der Waals surface area contributed by atoms with Gasteiger partial charge in [-0.25, -0.2) is 4.98 Å². The minimum atomic E-state index is -1.24. The van der Waals surface area contributed by atoms with Crippen LogP contribution in [0.15, 0.2) is 55.0 Å². The quantitative estimate of drug-likeness (QED) is 0.146. The Balaban J connectivity index is 0.703. The largest absolute Gasteiger partial charge is 0.493 e. The third-order valence-corrected chi connectivity index (χ3v) is 15.4. The molecule has 20 nitrogen and oxygen atoms in total. The number of rotatable bonds is 11. The number of fused-ring (bicyclic) bond motifs is 2. The number of aromatic amines is 1. The number of carbonyl (C=O) groups excluding carboxylic acids is 6. The van der Waals surface area contributed by atoms with E-state index < -0.39 is 41.4 Å². The van der Waals surface area contributed by atoms with Crippen molar-refractivity contribution in [1.82, 2.24) is 40.2 Å². The molecule has 6 amide bonds. The molecule has 10 rings (SSSR count). The van der Waals surface area contributed by atoms with E-state index in [1.165, 1.54) is 19.5 Å². The summed E-state index contributed by atoms with van der Waals surface area (Å²) in [6.45, 7) is 5.27. The molecule has 3 N–H and O–H groups in total. The maximum atomic E-state index is 13.8. The molecule has 2 atom stereocenters. The monoisotopic (exact) mass is 1030 g/mol. The Kier molecular flexibility index (Phi) is 13.4. The molecule has 5 aromatic rings. The molecular formula is C51H51Cl2N11O9. The number of amides is 6. The van der Waals surface area contributed by atoms with E-state index in [0.29, 0.717) is 144 Å². The number of aromatic nitrogens is 4. The zero-order valence-electron chi connectivity index (χ0n) is 40.0. The molecule has 2 aromatic carbocycles. The summed E-state index contributed by atoms with van der Waals surface area (Å²) < 4.78 is 12.0. The summed E-state index contributed by atoms with van der Waals surface area (Å²) in [5.41, 5.74) is 2.61. The van der Waals surface area contributed by atoms with Crippen molar-refractivity contribution >= 4 is 81.1 Å². The lowest BCUT2D eigenvalue weighted by Crippen LogP contribution is -2.54. The predicted molar refractivity (Wildman–Crippen MR) is 266 cm³/mol. The van der Waals surface area contributed by atoms with E-state index in [1.54, 1.807) is 47.5 Å². The molecule has 3 aromatic heterocycles. The fraction of sp³-hybridized carbons (Fsp3) is 0.412. The number of nitrogens with one attached hydrogen (secondary N) is 2. The number of piperazine rings is 1. The SMILES string of the molecule is COc1cc2[nH]nc(-c3cnc(N4CCN(C(=O)C5CCN(C(=O)CC6(O)CCN(c7ccc8c(c7)C(=O)N(C7CCC(=O)NC7=O)C8=O)CC6)CC5)CC4)c(C#N)c3)c2cc1O[C@H](C)c1c(Cl)cncc1Cl. The number of hydrogen-bond acceptors (Lipinski definition) is 15. The van der Waals surface area contributed by atoms with Gasteiger partial charge in [0.05, 0.1) is 51.4 Å². The molecule has 0 radical (unpaired) electrons. The van der Waals surface area contributed by atoms with E-state index in [1.807, 2.05) is 21.6 Å². The van der Waals surface area contributed by atoms with Gasteiger partial charge in [-0.15, -0.1) is 0 Å². The highest BCUT2D eigenvalue weighted by atomic mass is 35.5. The molecule has 22 heteroatoms. The number of halogens is 2. The second-order valence-electron chi connectivity index (χ2n) is 19.1. The number of ether oxygens (including phenoxy) is 2. The van der Waals surface area contributed by atoms with Crippen molar-refractivity contribution in [2.45, 2.75) is 69.6 Å². The highest BCUT2D eigenvalue weighted by Gasteiger charge is 2.45. The molecule has 0 bridgehead atoms. The number of piperidine rings is 3. The van der Waals surface area contributed by atoms with E-state index in [2.05, 4.69) is 26.6 Å². The third-order valence-electron chi connectivity index (χ3n) is 14.8. The lowest BCUT2D eigenvalue weighted by atomic mass is 9.86. The zero-order valence-corrected chi connectivity index (χ0v) is 41.5. The smallest absolute Gasteiger partial charge is 0.262 e. The van der Waals surface area contributed by atoms with Crippen LogP contribution < -0.4 is 24.6 Å². The Labute approximate surface area is 429 Å². The van der Waals surface area contributed by atoms with Gasteiger partial charge in [0.2, 0.25) is 23.6 Å². The second-order valence-corrected chi connectivity index (χ2v) is 20.0. The van der Waals surface area contributed by atoms with E-state index in [4.69, 9.17) is 37.7 Å². The van der Waals surface area contributed by atoms with Gasteiger partial charge in [-0.3, -0.25) is 49.1 Å². The first-order valence-corrected chi connectivity index (χ1v) is 25.0. The highest BCUT2D eigenvalue weighted by molar-refractivity contribution is 6.35. The fourth-order valence-electron chi connectivity index (χ4n) is 10.7. The van der Waals surface area contributed by atoms with Gasteiger partial charge in [0, 0.05) is 112 Å². The molecule has 5 aliphatic rings. The molecule has 378 valence electrons. The normalized spacial score (nSPS) is 19.7. The summed E-state index contributed by atoms with van der Waals surface area (Å²) in [5.74, 6) is -1.26. The van der Waals surface area contributed by atoms with Gasteiger partial charge in [0.25, 0.3) is 11.8 Å². The lowest BCUT2D eigenvalue weighted by molar-refractivity contribution is -0.143. The predicted octanol–water partition coefficient (Wildman–Crippen LogP) is 5.06. The minimum absolute atomic E-state index is 0.0315. The summed E-state index contributed by atoms with van der Waals surface area (Å²) in [6.07, 6.45) is 5.79. The van der Waals surface area contributed by atoms with Gasteiger partial charge in [-0.05, 0) is 69.4 Å². The molecule has 8 heterocycles. The number of hydrogen-bond donors (Lipinski definition) is 3. The van der Waals surface area contributed by atoms with E-state index in [-0.39, 0.29) is 48.1 Å². The summed E-state index contributed by atoms with van der Waals surface area (Å²) in [5, 5.41) is 33.2. The second kappa shape index (κ2) is 19.9. The maximum Gasteiger partial charge on any atom is 0.262 e. The molecule has 0 aliphatic carbocycles. The number of nitrogens with zero attached hydrogens (tertiary/aromatic N) is 9. The average Bonchev–Trinajstić information content (AvgIpc) is 3.92. The third kappa shape index (κ3) is 9.48. The Morgan fingerprint density at radius 2 is 1.59 bits per heavy atom. The van der Waals surface area contributed by atoms with Crippen LogP contribution in [0.25, 0.3) is 22.2 Å². The molecule has 5 aliphatic heterocycles. The van der Waals surface area contributed by atoms with Gasteiger partial charge in [0.15, 0.2) is 11.5 Å². The van der Waals surface area contributed by atoms with Crippen LogP contribution in [0.5, 0.6) is 11.5 Å². The maximum absolute atomic E-state index is 13.8. The van der Waals surface area contributed by atoms with Gasteiger partial charge >= 0.3 is 0 Å². The van der Waals surface area contributed by atoms with Crippen LogP contribution >= 0.6 is 23.2 Å². The molecule has 1 unspecified atom stereocenters. The zero-order chi connectivity index (χ0) is 51.3. The standard InChI is InChI=1S/C51H51Cl2N11O9/c1-28(44-36(52)26-55-27-37(44)53)73-41-21-35-38(22-40(41)72-2)58-59-45(35)31-19-30(24-54)46(56-25-31)62-15-17-63(18-16-62)48(68)29-7-11-61(12-8-29)43(66)23-51(71)9-13-60(14-10-51)32-3-4-33-34(20-32)50(70)64(49(33)69)39-5-6-42(65)57-47(39)67/h3-4,19-22,25-29,39,71H,5-18,23H2,1-2H3,(H,58,59)(H,57,65,67)/t28-,39?/m1/s1. The van der Waals surface area contributed by atoms with Crippen LogP contribution in [0.1, 0.15) is 89.8 Å². The van der Waals surface area contributed by atoms with Gasteiger partial charge in [-0.2, -0.15) is 10.4 Å². The van der Waals surface area contributed by atoms with Crippen LogP contribution in [0.3, 0.4) is 0 Å². The number of aliphatic hydroxyl groups is 1. The number of benzene rings is 2. The van der Waals surface area contributed by atoms with E-state index in [9.17, 15) is 39.1 Å². The Hall–Kier alpha value is -7.34. The number of anilines is 2. The van der Waals surface area contributed by atoms with Crippen molar-refractivity contribution in [1.29, 1.82) is 5.26 Å². The lowest BCUT2D eigenvalue weighted by Gasteiger charge is -2.41. The van der Waals surface area contributed by atoms with Crippen molar-refractivity contribution in [2.24, 2.45) is 5.92 Å². The highest BCUT2D eigenvalue weighted by Crippen LogP contribution is 2.41. The van der Waals surface area contributed by atoms with Gasteiger partial charge < -0.3 is 34.2 Å². The van der Waals surface area contributed by atoms with Crippen LogP contribution in [-0.2, 0) is 19.2 Å². The Morgan fingerprint density at radius 1 is 0.877 bits per heavy atom. The fourth-order valence-corrected chi connectivity index (χ4v) is 11.3. The van der Waals surface area contributed by atoms with Crippen LogP contribution in [0, 0.1) is 17.2 Å². The van der Waals surface area contributed by atoms with Crippen molar-refractivity contribution in [3.63, 3.8) is 0 Å². The van der Waals surface area contributed by atoms with Crippen LogP contribution in [0.2, 0.25) is 10.0 Å². The number of likely N-dealkylation sites (tertiary alicyclic amines) is 1. The van der Waals surface area contributed by atoms with Crippen molar-refractivity contribution in [3.8, 4) is 28.8 Å². The van der Waals surface area contributed by atoms with Crippen LogP contribution in [-0.4, -0.2) is 147 Å². The number of H-pyrrole nitrogens is 1. The van der Waals surface area contributed by atoms with Crippen molar-refractivity contribution in [2.75, 3.05) is 69.3 Å². The molecule has 73 heavy (non-hydrogen) atoms. The van der Waals surface area contributed by atoms with Crippen molar-refractivity contribution < 1.29 is 43.3 Å². The Morgan fingerprint density at radius 3 is 2.27 bits per heavy atom. The molecule has 0 spiro atoms. The van der Waals surface area contributed by atoms with Gasteiger partial charge in [-0.1, -0.05) is 23.2 Å². The first-order chi connectivity index (χ1) is 35.1. The number of imide groups is 2. The molecular weight excluding hydrogens is 982 g/mol.